The van der Waals surface area contributed by atoms with Gasteiger partial charge in [0.25, 0.3) is 5.91 Å². The summed E-state index contributed by atoms with van der Waals surface area (Å²) in [6.45, 7) is 6.76. The van der Waals surface area contributed by atoms with Gasteiger partial charge >= 0.3 is 12.3 Å². The zero-order valence-electron chi connectivity index (χ0n) is 34.8. The molecule has 3 aliphatic heterocycles. The van der Waals surface area contributed by atoms with E-state index in [4.69, 9.17) is 19.2 Å². The number of nitrogens with zero attached hydrogens (tertiary/aromatic N) is 2. The van der Waals surface area contributed by atoms with Crippen molar-refractivity contribution in [3.8, 4) is 11.5 Å². The number of halogens is 3. The van der Waals surface area contributed by atoms with Crippen LogP contribution in [0.4, 0.5) is 18.0 Å². The molecule has 5 atom stereocenters. The van der Waals surface area contributed by atoms with Crippen LogP contribution in [0.5, 0.6) is 11.5 Å². The number of hydrogen-bond donors (Lipinski definition) is 3. The molecule has 0 radical (unpaired) electrons. The SMILES string of the molecule is COc1ccc2nc(C(C)C)c3c(c2c1)CC[C@]1(C[C@H]2C(=O)N[C@]4(C(=O)NS(=O)(=O)C5(C)CC5)C[C@H]4/C=C\CCCCC[C@H](NC(=O)OC(C)(C)C(F)(F)F)C(=O)N2C1)O3. The van der Waals surface area contributed by atoms with Gasteiger partial charge in [-0.15, -0.1) is 0 Å². The Morgan fingerprint density at radius 1 is 1.08 bits per heavy atom. The fourth-order valence-corrected chi connectivity index (χ4v) is 9.83. The molecule has 5 aliphatic rings. The number of benzene rings is 1. The molecule has 14 nitrogen and oxygen atoms in total. The molecule has 1 aromatic heterocycles. The van der Waals surface area contributed by atoms with Crippen molar-refractivity contribution < 1.29 is 55.0 Å². The number of aryl methyl sites for hydroxylation is 1. The number of alkyl carbamates (subject to hydrolysis) is 1. The molecule has 2 aliphatic carbocycles. The summed E-state index contributed by atoms with van der Waals surface area (Å²) in [5, 5.41) is 6.05. The van der Waals surface area contributed by atoms with Crippen molar-refractivity contribution in [3.63, 3.8) is 0 Å². The molecule has 1 aromatic carbocycles. The quantitative estimate of drug-likeness (QED) is 0.285. The van der Waals surface area contributed by atoms with Crippen LogP contribution in [0.3, 0.4) is 0 Å². The van der Waals surface area contributed by atoms with Crippen LogP contribution in [-0.2, 0) is 35.6 Å². The lowest BCUT2D eigenvalue weighted by Gasteiger charge is -2.37. The number of sulfonamides is 1. The molecular formula is C42H54F3N5O9S. The van der Waals surface area contributed by atoms with E-state index in [-0.39, 0.29) is 31.7 Å². The summed E-state index contributed by atoms with van der Waals surface area (Å²) < 4.78 is 86.1. The van der Waals surface area contributed by atoms with E-state index in [1.165, 1.54) is 4.90 Å². The monoisotopic (exact) mass is 861 g/mol. The van der Waals surface area contributed by atoms with Crippen LogP contribution in [0, 0.1) is 5.92 Å². The van der Waals surface area contributed by atoms with Crippen molar-refractivity contribution in [2.24, 2.45) is 5.92 Å². The lowest BCUT2D eigenvalue weighted by molar-refractivity contribution is -0.244. The van der Waals surface area contributed by atoms with Gasteiger partial charge in [-0.25, -0.2) is 18.2 Å². The minimum Gasteiger partial charge on any atom is -0.497 e. The third kappa shape index (κ3) is 8.11. The van der Waals surface area contributed by atoms with E-state index in [0.29, 0.717) is 82.4 Å². The molecule has 0 unspecified atom stereocenters. The number of rotatable bonds is 7. The first-order chi connectivity index (χ1) is 28.0. The van der Waals surface area contributed by atoms with Crippen molar-refractivity contribution in [3.05, 3.63) is 41.6 Å². The average Bonchev–Trinajstić information content (AvgIpc) is 4.06. The predicted molar refractivity (Wildman–Crippen MR) is 214 cm³/mol. The molecule has 1 saturated heterocycles. The van der Waals surface area contributed by atoms with Gasteiger partial charge in [0.05, 0.1) is 29.6 Å². The molecule has 0 bridgehead atoms. The number of ether oxygens (including phenoxy) is 3. The minimum absolute atomic E-state index is 0.0342. The first-order valence-corrected chi connectivity index (χ1v) is 22.1. The van der Waals surface area contributed by atoms with E-state index >= 15 is 0 Å². The highest BCUT2D eigenvalue weighted by Gasteiger charge is 2.64. The maximum absolute atomic E-state index is 14.8. The van der Waals surface area contributed by atoms with Crippen LogP contribution in [0.25, 0.3) is 10.9 Å². The summed E-state index contributed by atoms with van der Waals surface area (Å²) in [4.78, 5) is 62.9. The molecule has 7 rings (SSSR count). The molecule has 328 valence electrons. The first kappa shape index (κ1) is 43.5. The van der Waals surface area contributed by atoms with E-state index in [9.17, 15) is 40.8 Å². The lowest BCUT2D eigenvalue weighted by Crippen LogP contribution is -2.59. The van der Waals surface area contributed by atoms with Crippen LogP contribution < -0.4 is 24.8 Å². The average molecular weight is 862 g/mol. The van der Waals surface area contributed by atoms with Crippen LogP contribution in [0.1, 0.15) is 116 Å². The van der Waals surface area contributed by atoms with Crippen LogP contribution in [0.15, 0.2) is 30.4 Å². The molecule has 2 aromatic rings. The number of nitrogens with one attached hydrogen (secondary N) is 3. The van der Waals surface area contributed by atoms with Gasteiger partial charge < -0.3 is 29.7 Å². The molecule has 3 fully saturated rings. The topological polar surface area (TPSA) is 182 Å². The Bertz CT molecular complexity index is 2230. The molecule has 1 spiro atoms. The first-order valence-electron chi connectivity index (χ1n) is 20.7. The largest absolute Gasteiger partial charge is 0.497 e. The summed E-state index contributed by atoms with van der Waals surface area (Å²) >= 11 is 0. The van der Waals surface area contributed by atoms with E-state index < -0.39 is 79.5 Å². The molecule has 4 heterocycles. The zero-order chi connectivity index (χ0) is 43.6. The Morgan fingerprint density at radius 3 is 2.48 bits per heavy atom. The standard InChI is InChI=1S/C42H54F3N5O9S/c1-24(2)32-33-27(28-20-26(57-6)14-15-29(28)46-32)16-17-40(58-33)22-31-34(51)48-41(36(53)49-60(55,56)39(5)18-19-39)21-25(41)12-10-8-7-9-11-13-30(35(52)50(31)23-40)47-37(54)59-38(3,4)42(43,44)45/h10,12,14-15,20,24-25,30-31H,7-9,11,13,16-19,21-23H2,1-6H3,(H,47,54)(H,48,51)(H,49,53)/b12-10-/t25-,30+,31+,40-,41-/m1/s1. The van der Waals surface area contributed by atoms with Crippen LogP contribution in [-0.4, -0.2) is 95.5 Å². The third-order valence-corrected chi connectivity index (χ3v) is 15.1. The second-order valence-electron chi connectivity index (χ2n) is 18.1. The van der Waals surface area contributed by atoms with Gasteiger partial charge in [0.2, 0.25) is 27.4 Å². The Kier molecular flexibility index (Phi) is 11.1. The number of carbonyl (C=O) groups excluding carboxylic acids is 4. The zero-order valence-corrected chi connectivity index (χ0v) is 35.6. The lowest BCUT2D eigenvalue weighted by atomic mass is 9.86. The summed E-state index contributed by atoms with van der Waals surface area (Å²) in [6.07, 6.45) is 1.19. The van der Waals surface area contributed by atoms with Gasteiger partial charge in [0, 0.05) is 23.3 Å². The van der Waals surface area contributed by atoms with Gasteiger partial charge in [-0.1, -0.05) is 38.8 Å². The number of fused-ring (bicyclic) bond motifs is 5. The number of pyridine rings is 1. The van der Waals surface area contributed by atoms with Gasteiger partial charge in [-0.3, -0.25) is 19.1 Å². The smallest absolute Gasteiger partial charge is 0.427 e. The van der Waals surface area contributed by atoms with Crippen molar-refractivity contribution in [2.45, 2.75) is 151 Å². The minimum atomic E-state index is -4.90. The number of allylic oxidation sites excluding steroid dienone is 1. The molecule has 4 amide bonds. The Hall–Kier alpha value is -4.61. The number of alkyl halides is 3. The summed E-state index contributed by atoms with van der Waals surface area (Å²) in [7, 11) is -2.51. The summed E-state index contributed by atoms with van der Waals surface area (Å²) in [5.74, 6) is -1.84. The van der Waals surface area contributed by atoms with Gasteiger partial charge in [0.1, 0.15) is 34.7 Å². The Balaban J connectivity index is 1.26. The van der Waals surface area contributed by atoms with Gasteiger partial charge in [-0.2, -0.15) is 13.2 Å². The second-order valence-corrected chi connectivity index (χ2v) is 20.3. The third-order valence-electron chi connectivity index (χ3n) is 12.9. The molecule has 60 heavy (non-hydrogen) atoms. The van der Waals surface area contributed by atoms with Crippen molar-refractivity contribution in [1.29, 1.82) is 0 Å². The normalized spacial score (nSPS) is 28.6. The molecule has 18 heteroatoms. The van der Waals surface area contributed by atoms with E-state index in [0.717, 1.165) is 16.5 Å². The summed E-state index contributed by atoms with van der Waals surface area (Å²) in [5.41, 5.74) is -3.36. The van der Waals surface area contributed by atoms with Crippen LogP contribution >= 0.6 is 0 Å². The number of amides is 4. The number of methoxy groups -OCH3 is 1. The highest BCUT2D eigenvalue weighted by molar-refractivity contribution is 7.91. The van der Waals surface area contributed by atoms with E-state index in [2.05, 4.69) is 15.4 Å². The number of carbonyl (C=O) groups is 4. The fraction of sp³-hybridized carbons (Fsp3) is 0.643. The molecular weight excluding hydrogens is 808 g/mol. The second kappa shape index (κ2) is 15.4. The van der Waals surface area contributed by atoms with Crippen molar-refractivity contribution in [2.75, 3.05) is 13.7 Å². The van der Waals surface area contributed by atoms with Crippen molar-refractivity contribution in [1.82, 2.24) is 25.2 Å². The van der Waals surface area contributed by atoms with E-state index in [1.54, 1.807) is 20.1 Å². The fourth-order valence-electron chi connectivity index (χ4n) is 8.51. The predicted octanol–water partition coefficient (Wildman–Crippen LogP) is 5.86. The highest BCUT2D eigenvalue weighted by atomic mass is 32.2. The molecule has 2 saturated carbocycles. The molecule has 3 N–H and O–H groups in total. The van der Waals surface area contributed by atoms with Gasteiger partial charge in [-0.05, 0) is 96.3 Å². The maximum Gasteiger partial charge on any atom is 0.427 e. The Labute approximate surface area is 347 Å². The van der Waals surface area contributed by atoms with E-state index in [1.807, 2.05) is 38.1 Å². The van der Waals surface area contributed by atoms with Crippen molar-refractivity contribution >= 4 is 44.7 Å². The van der Waals surface area contributed by atoms with Gasteiger partial charge in [0.15, 0.2) is 0 Å². The number of aromatic nitrogens is 1. The van der Waals surface area contributed by atoms with Crippen LogP contribution in [0.2, 0.25) is 0 Å². The maximum atomic E-state index is 14.8. The number of hydrogen-bond acceptors (Lipinski definition) is 10. The summed E-state index contributed by atoms with van der Waals surface area (Å²) in [6, 6.07) is 2.90. The highest BCUT2D eigenvalue weighted by Crippen LogP contribution is 2.50. The Morgan fingerprint density at radius 2 is 1.82 bits per heavy atom.